The van der Waals surface area contributed by atoms with Gasteiger partial charge in [-0.2, -0.15) is 0 Å². The molecule has 0 aliphatic heterocycles. The van der Waals surface area contributed by atoms with Gasteiger partial charge in [-0.05, 0) is 23.8 Å². The Hall–Kier alpha value is -0.910. The average Bonchev–Trinajstić information content (AvgIpc) is 2.46. The van der Waals surface area contributed by atoms with E-state index in [1.165, 1.54) is 0 Å². The van der Waals surface area contributed by atoms with E-state index in [9.17, 15) is 8.42 Å². The van der Waals surface area contributed by atoms with Crippen molar-refractivity contribution >= 4 is 36.7 Å². The molecule has 3 nitrogen and oxygen atoms in total. The topological polar surface area (TPSA) is 46.2 Å². The molecule has 0 heterocycles. The van der Waals surface area contributed by atoms with Crippen molar-refractivity contribution in [2.45, 2.75) is 31.2 Å². The summed E-state index contributed by atoms with van der Waals surface area (Å²) < 4.78 is 28.3. The molecule has 0 fully saturated rings. The van der Waals surface area contributed by atoms with Gasteiger partial charge < -0.3 is 0 Å². The van der Waals surface area contributed by atoms with E-state index in [0.717, 1.165) is 22.5 Å². The molecule has 2 rings (SSSR count). The predicted molar refractivity (Wildman–Crippen MR) is 91.3 cm³/mol. The summed E-state index contributed by atoms with van der Waals surface area (Å²) in [5.41, 5.74) is 0. The number of alkyl halides is 1. The zero-order chi connectivity index (χ0) is 15.5. The summed E-state index contributed by atoms with van der Waals surface area (Å²) in [7, 11) is -3.52. The van der Waals surface area contributed by atoms with E-state index in [2.05, 4.69) is 20.7 Å². The highest BCUT2D eigenvalue weighted by Crippen LogP contribution is 2.23. The number of fused-ring (bicyclic) bond motifs is 1. The van der Waals surface area contributed by atoms with Crippen LogP contribution < -0.4 is 4.72 Å². The molecule has 0 saturated carbocycles. The molecule has 0 saturated heterocycles. The molecule has 0 radical (unpaired) electrons. The Bertz CT molecular complexity index is 708. The zero-order valence-electron chi connectivity index (χ0n) is 12.2. The quantitative estimate of drug-likeness (QED) is 0.784. The third-order valence-corrected chi connectivity index (χ3v) is 5.58. The highest BCUT2D eigenvalue weighted by Gasteiger charge is 2.23. The van der Waals surface area contributed by atoms with Crippen LogP contribution in [0.3, 0.4) is 0 Å². The molecular formula is C16H20BrNO2S. The number of sulfonamides is 1. The molecule has 2 aromatic carbocycles. The minimum atomic E-state index is -3.52. The number of halogens is 1. The van der Waals surface area contributed by atoms with E-state index >= 15 is 0 Å². The van der Waals surface area contributed by atoms with E-state index in [-0.39, 0.29) is 12.0 Å². The fraction of sp³-hybridized carbons (Fsp3) is 0.375. The Kier molecular flexibility index (Phi) is 5.41. The highest BCUT2D eigenvalue weighted by molar-refractivity contribution is 9.09. The lowest BCUT2D eigenvalue weighted by Crippen LogP contribution is -2.38. The molecule has 0 aliphatic carbocycles. The van der Waals surface area contributed by atoms with Gasteiger partial charge in [-0.15, -0.1) is 0 Å². The van der Waals surface area contributed by atoms with Crippen LogP contribution in [0.2, 0.25) is 0 Å². The van der Waals surface area contributed by atoms with Crippen molar-refractivity contribution in [3.05, 3.63) is 42.5 Å². The molecule has 0 aliphatic rings. The molecule has 0 spiro atoms. The lowest BCUT2D eigenvalue weighted by molar-refractivity contribution is 0.440. The molecule has 21 heavy (non-hydrogen) atoms. The zero-order valence-corrected chi connectivity index (χ0v) is 14.6. The van der Waals surface area contributed by atoms with Crippen LogP contribution in [-0.2, 0) is 10.0 Å². The summed E-state index contributed by atoms with van der Waals surface area (Å²) >= 11 is 3.39. The minimum Gasteiger partial charge on any atom is -0.208 e. The van der Waals surface area contributed by atoms with Gasteiger partial charge in [0, 0.05) is 16.8 Å². The van der Waals surface area contributed by atoms with Crippen LogP contribution in [0, 0.1) is 5.92 Å². The third kappa shape index (κ3) is 3.84. The van der Waals surface area contributed by atoms with Crippen molar-refractivity contribution in [3.8, 4) is 0 Å². The minimum absolute atomic E-state index is 0.0756. The van der Waals surface area contributed by atoms with Gasteiger partial charge in [-0.3, -0.25) is 0 Å². The fourth-order valence-electron chi connectivity index (χ4n) is 2.34. The number of hydrogen-bond acceptors (Lipinski definition) is 2. The maximum atomic E-state index is 12.7. The van der Waals surface area contributed by atoms with Crippen LogP contribution in [0.25, 0.3) is 10.8 Å². The summed E-state index contributed by atoms with van der Waals surface area (Å²) in [5, 5.41) is 2.46. The van der Waals surface area contributed by atoms with E-state index in [1.807, 2.05) is 44.2 Å². The van der Waals surface area contributed by atoms with Gasteiger partial charge in [0.2, 0.25) is 10.0 Å². The van der Waals surface area contributed by atoms with E-state index in [0.29, 0.717) is 4.90 Å². The largest absolute Gasteiger partial charge is 0.241 e. The first-order valence-corrected chi connectivity index (χ1v) is 9.62. The summed E-state index contributed by atoms with van der Waals surface area (Å²) in [6.45, 7) is 4.05. The first kappa shape index (κ1) is 16.5. The molecule has 114 valence electrons. The lowest BCUT2D eigenvalue weighted by Gasteiger charge is -2.22. The second-order valence-electron chi connectivity index (χ2n) is 5.43. The average molecular weight is 370 g/mol. The van der Waals surface area contributed by atoms with Crippen molar-refractivity contribution in [2.75, 3.05) is 5.33 Å². The second kappa shape index (κ2) is 6.90. The van der Waals surface area contributed by atoms with Crippen LogP contribution in [0.4, 0.5) is 0 Å². The molecule has 1 atom stereocenters. The van der Waals surface area contributed by atoms with Gasteiger partial charge in [-0.25, -0.2) is 13.1 Å². The van der Waals surface area contributed by atoms with Crippen LogP contribution in [0.5, 0.6) is 0 Å². The maximum absolute atomic E-state index is 12.7. The van der Waals surface area contributed by atoms with Crippen molar-refractivity contribution in [1.29, 1.82) is 0 Å². The van der Waals surface area contributed by atoms with Crippen molar-refractivity contribution < 1.29 is 8.42 Å². The fourth-order valence-corrected chi connectivity index (χ4v) is 4.48. The lowest BCUT2D eigenvalue weighted by atomic mass is 10.0. The second-order valence-corrected chi connectivity index (χ2v) is 7.90. The van der Waals surface area contributed by atoms with E-state index in [4.69, 9.17) is 0 Å². The monoisotopic (exact) mass is 369 g/mol. The Morgan fingerprint density at radius 3 is 2.43 bits per heavy atom. The van der Waals surface area contributed by atoms with Crippen molar-refractivity contribution in [1.82, 2.24) is 4.72 Å². The van der Waals surface area contributed by atoms with Gasteiger partial charge in [0.15, 0.2) is 0 Å². The standard InChI is InChI=1S/C16H20BrNO2S/c1-12(2)15(10-11-17)18-21(19,20)16-9-5-7-13-6-3-4-8-14(13)16/h3-9,12,15,18H,10-11H2,1-2H3. The Labute approximate surface area is 134 Å². The summed E-state index contributed by atoms with van der Waals surface area (Å²) in [4.78, 5) is 0.348. The van der Waals surface area contributed by atoms with Gasteiger partial charge in [0.25, 0.3) is 0 Å². The first-order chi connectivity index (χ1) is 9.95. The van der Waals surface area contributed by atoms with E-state index < -0.39 is 10.0 Å². The highest BCUT2D eigenvalue weighted by atomic mass is 79.9. The Morgan fingerprint density at radius 1 is 1.10 bits per heavy atom. The smallest absolute Gasteiger partial charge is 0.208 e. The van der Waals surface area contributed by atoms with E-state index in [1.54, 1.807) is 12.1 Å². The predicted octanol–water partition coefficient (Wildman–Crippen LogP) is 3.93. The SMILES string of the molecule is CC(C)C(CCBr)NS(=O)(=O)c1cccc2ccccc12. The maximum Gasteiger partial charge on any atom is 0.241 e. The first-order valence-electron chi connectivity index (χ1n) is 7.02. The van der Waals surface area contributed by atoms with Crippen LogP contribution >= 0.6 is 15.9 Å². The molecule has 0 aromatic heterocycles. The molecule has 0 bridgehead atoms. The normalized spacial score (nSPS) is 13.7. The molecule has 5 heteroatoms. The summed E-state index contributed by atoms with van der Waals surface area (Å²) in [5.74, 6) is 0.243. The van der Waals surface area contributed by atoms with Crippen molar-refractivity contribution in [3.63, 3.8) is 0 Å². The molecule has 1 unspecified atom stereocenters. The Balaban J connectivity index is 2.42. The van der Waals surface area contributed by atoms with Crippen LogP contribution in [0.15, 0.2) is 47.4 Å². The van der Waals surface area contributed by atoms with Crippen molar-refractivity contribution in [2.24, 2.45) is 5.92 Å². The number of rotatable bonds is 6. The number of benzene rings is 2. The molecular weight excluding hydrogens is 350 g/mol. The number of hydrogen-bond donors (Lipinski definition) is 1. The molecule has 0 amide bonds. The van der Waals surface area contributed by atoms with Gasteiger partial charge in [0.05, 0.1) is 4.90 Å². The number of nitrogens with one attached hydrogen (secondary N) is 1. The van der Waals surface area contributed by atoms with Gasteiger partial charge in [-0.1, -0.05) is 66.2 Å². The van der Waals surface area contributed by atoms with Gasteiger partial charge in [0.1, 0.15) is 0 Å². The summed E-state index contributed by atoms with van der Waals surface area (Å²) in [6.07, 6.45) is 0.766. The Morgan fingerprint density at radius 2 is 1.76 bits per heavy atom. The molecule has 2 aromatic rings. The van der Waals surface area contributed by atoms with Crippen LogP contribution in [0.1, 0.15) is 20.3 Å². The van der Waals surface area contributed by atoms with Gasteiger partial charge >= 0.3 is 0 Å². The van der Waals surface area contributed by atoms with Crippen LogP contribution in [-0.4, -0.2) is 19.8 Å². The molecule has 1 N–H and O–H groups in total. The summed E-state index contributed by atoms with van der Waals surface area (Å²) in [6, 6.07) is 12.8. The third-order valence-electron chi connectivity index (χ3n) is 3.57.